The molecular formula is C16H30N2O3. The van der Waals surface area contributed by atoms with Crippen LogP contribution in [0.3, 0.4) is 0 Å². The van der Waals surface area contributed by atoms with Gasteiger partial charge in [0.1, 0.15) is 5.60 Å². The van der Waals surface area contributed by atoms with E-state index in [2.05, 4.69) is 5.32 Å². The lowest BCUT2D eigenvalue weighted by molar-refractivity contribution is 0.0164. The van der Waals surface area contributed by atoms with Gasteiger partial charge in [-0.05, 0) is 58.8 Å². The molecule has 0 spiro atoms. The molecule has 1 amide bonds. The van der Waals surface area contributed by atoms with Gasteiger partial charge in [-0.2, -0.15) is 0 Å². The first-order valence-corrected chi connectivity index (χ1v) is 8.24. The third-order valence-electron chi connectivity index (χ3n) is 4.23. The van der Waals surface area contributed by atoms with E-state index >= 15 is 0 Å². The Bertz CT molecular complexity index is 342. The highest BCUT2D eigenvalue weighted by molar-refractivity contribution is 5.68. The summed E-state index contributed by atoms with van der Waals surface area (Å²) in [6.07, 6.45) is 5.12. The van der Waals surface area contributed by atoms with E-state index in [0.717, 1.165) is 32.4 Å². The summed E-state index contributed by atoms with van der Waals surface area (Å²) >= 11 is 0. The quantitative estimate of drug-likeness (QED) is 0.816. The van der Waals surface area contributed by atoms with Crippen molar-refractivity contribution in [1.29, 1.82) is 0 Å². The maximum absolute atomic E-state index is 12.1. The van der Waals surface area contributed by atoms with E-state index in [1.54, 1.807) is 0 Å². The molecule has 1 heterocycles. The minimum Gasteiger partial charge on any atom is -0.444 e. The van der Waals surface area contributed by atoms with Crippen LogP contribution in [0.15, 0.2) is 0 Å². The largest absolute Gasteiger partial charge is 0.444 e. The molecule has 0 aromatic rings. The van der Waals surface area contributed by atoms with Gasteiger partial charge in [-0.3, -0.25) is 0 Å². The van der Waals surface area contributed by atoms with E-state index in [-0.39, 0.29) is 12.7 Å². The van der Waals surface area contributed by atoms with Gasteiger partial charge < -0.3 is 20.1 Å². The predicted molar refractivity (Wildman–Crippen MR) is 82.2 cm³/mol. The lowest BCUT2D eigenvalue weighted by Gasteiger charge is -2.37. The number of hydrogen-bond donors (Lipinski definition) is 2. The SMILES string of the molecule is CC(C)(C)OC(=O)N1CCC(C(CCO)NC2CC2)CC1. The lowest BCUT2D eigenvalue weighted by atomic mass is 9.87. The van der Waals surface area contributed by atoms with E-state index in [4.69, 9.17) is 4.74 Å². The first-order valence-electron chi connectivity index (χ1n) is 8.24. The summed E-state index contributed by atoms with van der Waals surface area (Å²) in [6.45, 7) is 7.44. The normalized spacial score (nSPS) is 22.2. The van der Waals surface area contributed by atoms with Crippen molar-refractivity contribution < 1.29 is 14.6 Å². The first kappa shape index (κ1) is 16.6. The summed E-state index contributed by atoms with van der Waals surface area (Å²) in [4.78, 5) is 13.9. The summed E-state index contributed by atoms with van der Waals surface area (Å²) in [5.74, 6) is 0.552. The van der Waals surface area contributed by atoms with Crippen molar-refractivity contribution >= 4 is 6.09 Å². The van der Waals surface area contributed by atoms with Crippen molar-refractivity contribution in [1.82, 2.24) is 10.2 Å². The molecule has 1 unspecified atom stereocenters. The van der Waals surface area contributed by atoms with Crippen molar-refractivity contribution in [3.05, 3.63) is 0 Å². The highest BCUT2D eigenvalue weighted by Crippen LogP contribution is 2.27. The van der Waals surface area contributed by atoms with Crippen molar-refractivity contribution in [2.75, 3.05) is 19.7 Å². The maximum Gasteiger partial charge on any atom is 0.410 e. The Morgan fingerprint density at radius 1 is 1.29 bits per heavy atom. The number of nitrogens with one attached hydrogen (secondary N) is 1. The Morgan fingerprint density at radius 3 is 2.38 bits per heavy atom. The smallest absolute Gasteiger partial charge is 0.410 e. The number of likely N-dealkylation sites (tertiary alicyclic amines) is 1. The molecule has 2 aliphatic rings. The third-order valence-corrected chi connectivity index (χ3v) is 4.23. The van der Waals surface area contributed by atoms with Gasteiger partial charge in [0.05, 0.1) is 0 Å². The van der Waals surface area contributed by atoms with E-state index in [1.165, 1.54) is 12.8 Å². The summed E-state index contributed by atoms with van der Waals surface area (Å²) in [6, 6.07) is 1.05. The summed E-state index contributed by atoms with van der Waals surface area (Å²) in [5, 5.41) is 12.9. The average Bonchev–Trinajstić information content (AvgIpc) is 3.20. The van der Waals surface area contributed by atoms with Crippen molar-refractivity contribution in [3.8, 4) is 0 Å². The van der Waals surface area contributed by atoms with Crippen molar-refractivity contribution in [2.45, 2.75) is 70.6 Å². The molecule has 1 atom stereocenters. The molecule has 1 aliphatic carbocycles. The third kappa shape index (κ3) is 5.47. The molecule has 5 nitrogen and oxygen atoms in total. The molecular weight excluding hydrogens is 268 g/mol. The molecule has 0 aromatic carbocycles. The predicted octanol–water partition coefficient (Wildman–Crippen LogP) is 2.14. The summed E-state index contributed by atoms with van der Waals surface area (Å²) < 4.78 is 5.43. The van der Waals surface area contributed by atoms with Crippen LogP contribution < -0.4 is 5.32 Å². The topological polar surface area (TPSA) is 61.8 Å². The van der Waals surface area contributed by atoms with Crippen LogP contribution in [0.25, 0.3) is 0 Å². The Labute approximate surface area is 128 Å². The summed E-state index contributed by atoms with van der Waals surface area (Å²) in [5.41, 5.74) is -0.430. The second-order valence-corrected chi connectivity index (χ2v) is 7.36. The zero-order valence-electron chi connectivity index (χ0n) is 13.6. The van der Waals surface area contributed by atoms with E-state index in [0.29, 0.717) is 18.0 Å². The van der Waals surface area contributed by atoms with Gasteiger partial charge in [0.25, 0.3) is 0 Å². The number of amides is 1. The van der Waals surface area contributed by atoms with Crippen LogP contribution in [-0.4, -0.2) is 53.5 Å². The minimum atomic E-state index is -0.430. The number of carbonyl (C=O) groups excluding carboxylic acids is 1. The van der Waals surface area contributed by atoms with Gasteiger partial charge in [0, 0.05) is 31.8 Å². The fourth-order valence-corrected chi connectivity index (χ4v) is 2.96. The standard InChI is InChI=1S/C16H30N2O3/c1-16(2,3)21-15(20)18-9-6-12(7-10-18)14(8-11-19)17-13-4-5-13/h12-14,17,19H,4-11H2,1-3H3. The van der Waals surface area contributed by atoms with Gasteiger partial charge in [-0.25, -0.2) is 4.79 Å². The fraction of sp³-hybridized carbons (Fsp3) is 0.938. The molecule has 2 rings (SSSR count). The molecule has 122 valence electrons. The monoisotopic (exact) mass is 298 g/mol. The van der Waals surface area contributed by atoms with Crippen LogP contribution in [0.2, 0.25) is 0 Å². The van der Waals surface area contributed by atoms with E-state index in [1.807, 2.05) is 25.7 Å². The molecule has 0 bridgehead atoms. The molecule has 0 radical (unpaired) electrons. The fourth-order valence-electron chi connectivity index (χ4n) is 2.96. The zero-order chi connectivity index (χ0) is 15.5. The number of piperidine rings is 1. The van der Waals surface area contributed by atoms with Gasteiger partial charge >= 0.3 is 6.09 Å². The Kier molecular flexibility index (Phi) is 5.49. The Balaban J connectivity index is 1.79. The van der Waals surface area contributed by atoms with Crippen LogP contribution in [0, 0.1) is 5.92 Å². The number of carbonyl (C=O) groups is 1. The second kappa shape index (κ2) is 6.97. The van der Waals surface area contributed by atoms with Gasteiger partial charge in [-0.1, -0.05) is 0 Å². The number of ether oxygens (including phenoxy) is 1. The lowest BCUT2D eigenvalue weighted by Crippen LogP contribution is -2.47. The maximum atomic E-state index is 12.1. The zero-order valence-corrected chi connectivity index (χ0v) is 13.6. The van der Waals surface area contributed by atoms with Crippen LogP contribution in [0.1, 0.15) is 52.9 Å². The van der Waals surface area contributed by atoms with Gasteiger partial charge in [0.15, 0.2) is 0 Å². The average molecular weight is 298 g/mol. The highest BCUT2D eigenvalue weighted by atomic mass is 16.6. The number of rotatable bonds is 5. The van der Waals surface area contributed by atoms with Crippen LogP contribution in [0.4, 0.5) is 4.79 Å². The number of aliphatic hydroxyl groups excluding tert-OH is 1. The number of hydrogen-bond acceptors (Lipinski definition) is 4. The number of nitrogens with zero attached hydrogens (tertiary/aromatic N) is 1. The highest BCUT2D eigenvalue weighted by Gasteiger charge is 2.33. The molecule has 1 saturated carbocycles. The first-order chi connectivity index (χ1) is 9.89. The molecule has 0 aromatic heterocycles. The molecule has 2 fully saturated rings. The van der Waals surface area contributed by atoms with Crippen molar-refractivity contribution in [2.24, 2.45) is 5.92 Å². The Hall–Kier alpha value is -0.810. The van der Waals surface area contributed by atoms with E-state index in [9.17, 15) is 9.90 Å². The van der Waals surface area contributed by atoms with Crippen LogP contribution in [0.5, 0.6) is 0 Å². The molecule has 5 heteroatoms. The van der Waals surface area contributed by atoms with E-state index < -0.39 is 5.60 Å². The van der Waals surface area contributed by atoms with Crippen molar-refractivity contribution in [3.63, 3.8) is 0 Å². The van der Waals surface area contributed by atoms with Crippen LogP contribution >= 0.6 is 0 Å². The molecule has 21 heavy (non-hydrogen) atoms. The molecule has 2 N–H and O–H groups in total. The second-order valence-electron chi connectivity index (χ2n) is 7.36. The number of aliphatic hydroxyl groups is 1. The summed E-state index contributed by atoms with van der Waals surface area (Å²) in [7, 11) is 0. The molecule has 1 aliphatic heterocycles. The molecule has 1 saturated heterocycles. The minimum absolute atomic E-state index is 0.199. The Morgan fingerprint density at radius 2 is 1.90 bits per heavy atom. The van der Waals surface area contributed by atoms with Crippen LogP contribution in [-0.2, 0) is 4.74 Å². The van der Waals surface area contributed by atoms with Gasteiger partial charge in [0.2, 0.25) is 0 Å². The van der Waals surface area contributed by atoms with Gasteiger partial charge in [-0.15, -0.1) is 0 Å².